The zero-order valence-electron chi connectivity index (χ0n) is 16.7. The number of carbonyl (C=O) groups excluding carboxylic acids is 2. The Hall–Kier alpha value is -3.30. The number of likely N-dealkylation sites (tertiary alicyclic amines) is 1. The molecule has 1 aromatic carbocycles. The van der Waals surface area contributed by atoms with Gasteiger partial charge in [-0.1, -0.05) is 0 Å². The lowest BCUT2D eigenvalue weighted by molar-refractivity contribution is -0.137. The van der Waals surface area contributed by atoms with Crippen molar-refractivity contribution in [2.24, 2.45) is 0 Å². The number of nitrogens with one attached hydrogen (secondary N) is 1. The van der Waals surface area contributed by atoms with Gasteiger partial charge in [-0.15, -0.1) is 0 Å². The molecule has 4 rings (SSSR count). The van der Waals surface area contributed by atoms with Gasteiger partial charge in [0.1, 0.15) is 17.5 Å². The highest BCUT2D eigenvalue weighted by Gasteiger charge is 2.35. The number of carbonyl (C=O) groups is 2. The minimum absolute atomic E-state index is 0.0114. The predicted molar refractivity (Wildman–Crippen MR) is 104 cm³/mol. The number of ether oxygens (including phenoxy) is 2. The van der Waals surface area contributed by atoms with Gasteiger partial charge in [-0.05, 0) is 25.5 Å². The fourth-order valence-electron chi connectivity index (χ4n) is 3.78. The number of alkyl halides is 3. The van der Waals surface area contributed by atoms with Crippen LogP contribution in [-0.4, -0.2) is 40.9 Å². The van der Waals surface area contributed by atoms with Crippen molar-refractivity contribution in [1.29, 1.82) is 0 Å². The molecule has 0 bridgehead atoms. The Morgan fingerprint density at radius 1 is 1.32 bits per heavy atom. The Kier molecular flexibility index (Phi) is 5.47. The van der Waals surface area contributed by atoms with Gasteiger partial charge in [-0.3, -0.25) is 9.59 Å². The molecule has 2 aliphatic rings. The lowest BCUT2D eigenvalue weighted by Gasteiger charge is -2.23. The Balaban J connectivity index is 1.55. The van der Waals surface area contributed by atoms with Gasteiger partial charge in [0.15, 0.2) is 0 Å². The number of hydrogen-bond acceptors (Lipinski definition) is 5. The molecule has 3 heterocycles. The normalized spacial score (nSPS) is 18.0. The van der Waals surface area contributed by atoms with Crippen LogP contribution in [0.3, 0.4) is 0 Å². The van der Waals surface area contributed by atoms with Crippen LogP contribution >= 0.6 is 0 Å². The van der Waals surface area contributed by atoms with Crippen molar-refractivity contribution in [2.45, 2.75) is 38.4 Å². The minimum Gasteiger partial charge on any atom is -0.491 e. The third-order valence-corrected chi connectivity index (χ3v) is 5.27. The summed E-state index contributed by atoms with van der Waals surface area (Å²) < 4.78 is 49.4. The summed E-state index contributed by atoms with van der Waals surface area (Å²) in [4.78, 5) is 30.0. The van der Waals surface area contributed by atoms with Gasteiger partial charge in [0.05, 0.1) is 17.9 Å². The van der Waals surface area contributed by atoms with Crippen molar-refractivity contribution in [3.8, 4) is 17.4 Å². The number of aromatic nitrogens is 1. The summed E-state index contributed by atoms with van der Waals surface area (Å²) in [7, 11) is 0. The molecule has 164 valence electrons. The topological polar surface area (TPSA) is 80.8 Å². The number of nitrogens with zero attached hydrogens (tertiary/aromatic N) is 2. The van der Waals surface area contributed by atoms with E-state index in [0.29, 0.717) is 55.8 Å². The first-order valence-corrected chi connectivity index (χ1v) is 9.87. The van der Waals surface area contributed by atoms with Crippen molar-refractivity contribution in [1.82, 2.24) is 9.88 Å². The Morgan fingerprint density at radius 2 is 2.13 bits per heavy atom. The van der Waals surface area contributed by atoms with E-state index < -0.39 is 17.8 Å². The summed E-state index contributed by atoms with van der Waals surface area (Å²) >= 11 is 0. The number of rotatable bonds is 5. The maximum absolute atomic E-state index is 12.8. The highest BCUT2D eigenvalue weighted by molar-refractivity contribution is 6.00. The summed E-state index contributed by atoms with van der Waals surface area (Å²) in [6, 6.07) is 4.70. The number of amides is 2. The van der Waals surface area contributed by atoms with Crippen molar-refractivity contribution >= 4 is 17.5 Å². The van der Waals surface area contributed by atoms with E-state index in [1.807, 2.05) is 6.92 Å². The number of hydrogen-bond donors (Lipinski definition) is 1. The second-order valence-electron chi connectivity index (χ2n) is 7.27. The smallest absolute Gasteiger partial charge is 0.417 e. The third-order valence-electron chi connectivity index (χ3n) is 5.27. The van der Waals surface area contributed by atoms with Gasteiger partial charge in [0, 0.05) is 43.3 Å². The number of pyridine rings is 1. The average Bonchev–Trinajstić information content (AvgIpc) is 3.34. The Morgan fingerprint density at radius 3 is 2.81 bits per heavy atom. The lowest BCUT2D eigenvalue weighted by atomic mass is 10.1. The van der Waals surface area contributed by atoms with E-state index in [4.69, 9.17) is 9.47 Å². The van der Waals surface area contributed by atoms with Crippen LogP contribution in [0.15, 0.2) is 30.5 Å². The standard InChI is InChI=1S/C21H20F3N3O4/c1-2-27-16(4-6-18(27)28)20(29)26-15-10-14(9-12-7-8-30-19(12)15)31-17-5-3-13(11-25-17)21(22,23)24/h3,5,9-11,16H,2,4,6-8H2,1H3,(H,26,29). The fraction of sp³-hybridized carbons (Fsp3) is 0.381. The van der Waals surface area contributed by atoms with E-state index in [9.17, 15) is 22.8 Å². The molecule has 7 nitrogen and oxygen atoms in total. The molecule has 31 heavy (non-hydrogen) atoms. The summed E-state index contributed by atoms with van der Waals surface area (Å²) in [5.74, 6) is 0.433. The van der Waals surface area contributed by atoms with Crippen LogP contribution < -0.4 is 14.8 Å². The summed E-state index contributed by atoms with van der Waals surface area (Å²) in [6.07, 6.45) is -2.43. The van der Waals surface area contributed by atoms with Crippen LogP contribution in [0.2, 0.25) is 0 Å². The molecule has 1 aromatic heterocycles. The molecule has 1 N–H and O–H groups in total. The predicted octanol–water partition coefficient (Wildman–Crippen LogP) is 3.78. The van der Waals surface area contributed by atoms with E-state index >= 15 is 0 Å². The molecule has 1 saturated heterocycles. The Labute approximate surface area is 176 Å². The molecule has 0 spiro atoms. The van der Waals surface area contributed by atoms with E-state index in [1.54, 1.807) is 6.07 Å². The first-order chi connectivity index (χ1) is 14.8. The number of anilines is 1. The summed E-state index contributed by atoms with van der Waals surface area (Å²) in [5, 5.41) is 2.82. The first-order valence-electron chi connectivity index (χ1n) is 9.87. The van der Waals surface area contributed by atoms with Gasteiger partial charge < -0.3 is 19.7 Å². The molecule has 2 aliphatic heterocycles. The van der Waals surface area contributed by atoms with Gasteiger partial charge in [-0.25, -0.2) is 4.98 Å². The molecular formula is C21H20F3N3O4. The minimum atomic E-state index is -4.48. The van der Waals surface area contributed by atoms with Crippen molar-refractivity contribution in [3.05, 3.63) is 41.6 Å². The molecule has 2 amide bonds. The molecule has 1 unspecified atom stereocenters. The summed E-state index contributed by atoms with van der Waals surface area (Å²) in [6.45, 7) is 2.69. The molecule has 0 aliphatic carbocycles. The van der Waals surface area contributed by atoms with Crippen LogP contribution in [0.25, 0.3) is 0 Å². The maximum atomic E-state index is 12.8. The molecule has 10 heteroatoms. The SMILES string of the molecule is CCN1C(=O)CCC1C(=O)Nc1cc(Oc2ccc(C(F)(F)F)cn2)cc2c1OCC2. The van der Waals surface area contributed by atoms with Crippen LogP contribution in [0, 0.1) is 0 Å². The van der Waals surface area contributed by atoms with Crippen molar-refractivity contribution in [2.75, 3.05) is 18.5 Å². The van der Waals surface area contributed by atoms with Crippen LogP contribution in [0.5, 0.6) is 17.4 Å². The second kappa shape index (κ2) is 8.09. The van der Waals surface area contributed by atoms with Gasteiger partial charge >= 0.3 is 6.18 Å². The molecular weight excluding hydrogens is 415 g/mol. The quantitative estimate of drug-likeness (QED) is 0.773. The molecule has 1 atom stereocenters. The number of fused-ring (bicyclic) bond motifs is 1. The molecule has 2 aromatic rings. The van der Waals surface area contributed by atoms with Crippen LogP contribution in [0.1, 0.15) is 30.9 Å². The third kappa shape index (κ3) is 4.28. The summed E-state index contributed by atoms with van der Waals surface area (Å²) in [5.41, 5.74) is 0.314. The zero-order chi connectivity index (χ0) is 22.2. The monoisotopic (exact) mass is 435 g/mol. The van der Waals surface area contributed by atoms with E-state index in [0.717, 1.165) is 17.7 Å². The number of benzene rings is 1. The van der Waals surface area contributed by atoms with Crippen LogP contribution in [-0.2, 0) is 22.2 Å². The van der Waals surface area contributed by atoms with Gasteiger partial charge in [-0.2, -0.15) is 13.2 Å². The lowest BCUT2D eigenvalue weighted by Crippen LogP contribution is -2.41. The second-order valence-corrected chi connectivity index (χ2v) is 7.27. The van der Waals surface area contributed by atoms with Crippen molar-refractivity contribution < 1.29 is 32.2 Å². The zero-order valence-corrected chi connectivity index (χ0v) is 16.7. The maximum Gasteiger partial charge on any atom is 0.417 e. The molecule has 0 radical (unpaired) electrons. The highest BCUT2D eigenvalue weighted by Crippen LogP contribution is 2.39. The van der Waals surface area contributed by atoms with E-state index in [1.165, 1.54) is 11.0 Å². The highest BCUT2D eigenvalue weighted by atomic mass is 19.4. The van der Waals surface area contributed by atoms with Crippen molar-refractivity contribution in [3.63, 3.8) is 0 Å². The molecule has 0 saturated carbocycles. The fourth-order valence-corrected chi connectivity index (χ4v) is 3.78. The largest absolute Gasteiger partial charge is 0.491 e. The van der Waals surface area contributed by atoms with Gasteiger partial charge in [0.25, 0.3) is 0 Å². The number of halogens is 3. The Bertz CT molecular complexity index is 1010. The van der Waals surface area contributed by atoms with E-state index in [-0.39, 0.29) is 17.7 Å². The van der Waals surface area contributed by atoms with Crippen LogP contribution in [0.4, 0.5) is 18.9 Å². The number of likely N-dealkylation sites (N-methyl/N-ethyl adjacent to an activating group) is 1. The van der Waals surface area contributed by atoms with Gasteiger partial charge in [0.2, 0.25) is 17.7 Å². The molecule has 1 fully saturated rings. The first kappa shape index (κ1) is 21.0. The van der Waals surface area contributed by atoms with E-state index in [2.05, 4.69) is 10.3 Å². The average molecular weight is 435 g/mol.